The van der Waals surface area contributed by atoms with Crippen molar-refractivity contribution < 1.29 is 34.6 Å². The van der Waals surface area contributed by atoms with Crippen LogP contribution in [-0.4, -0.2) is 13.9 Å². The number of halogens is 5. The number of rotatable bonds is 2. The lowest BCUT2D eigenvalue weighted by Crippen LogP contribution is -2.28. The molecule has 0 aliphatic carbocycles. The molecule has 0 heterocycles. The Hall–Kier alpha value is -1.90. The Bertz CT molecular complexity index is 767. The van der Waals surface area contributed by atoms with E-state index in [-0.39, 0.29) is 10.8 Å². The van der Waals surface area contributed by atoms with Crippen LogP contribution in [0.15, 0.2) is 30.3 Å². The zero-order chi connectivity index (χ0) is 15.1. The summed E-state index contributed by atoms with van der Waals surface area (Å²) in [7, 11) is -5.81. The highest BCUT2D eigenvalue weighted by Crippen LogP contribution is 2.29. The summed E-state index contributed by atoms with van der Waals surface area (Å²) in [6.45, 7) is 0. The van der Waals surface area contributed by atoms with Gasteiger partial charge in [0.25, 0.3) is 0 Å². The molecule has 0 amide bonds. The topological polar surface area (TPSA) is 43.4 Å². The molecule has 9 heteroatoms. The Morgan fingerprint density at radius 2 is 1.65 bits per heavy atom. The third kappa shape index (κ3) is 2.53. The molecule has 0 aromatic heterocycles. The van der Waals surface area contributed by atoms with E-state index in [1.807, 2.05) is 0 Å². The van der Waals surface area contributed by atoms with Crippen molar-refractivity contribution in [1.82, 2.24) is 0 Å². The fourth-order valence-corrected chi connectivity index (χ4v) is 1.92. The molecule has 0 aliphatic heterocycles. The van der Waals surface area contributed by atoms with Crippen molar-refractivity contribution in [3.63, 3.8) is 0 Å². The highest BCUT2D eigenvalue weighted by Gasteiger charge is 2.48. The molecule has 108 valence electrons. The van der Waals surface area contributed by atoms with Crippen LogP contribution >= 0.6 is 0 Å². The summed E-state index contributed by atoms with van der Waals surface area (Å²) in [4.78, 5) is 0. The van der Waals surface area contributed by atoms with E-state index >= 15 is 0 Å². The third-order valence-corrected chi connectivity index (χ3v) is 3.35. The minimum atomic E-state index is -5.81. The first-order chi connectivity index (χ1) is 9.12. The Balaban J connectivity index is 2.47. The largest absolute Gasteiger partial charge is 0.534 e. The summed E-state index contributed by atoms with van der Waals surface area (Å²) in [5, 5.41) is -0.208. The summed E-state index contributed by atoms with van der Waals surface area (Å²) < 4.78 is 88.1. The molecule has 0 bridgehead atoms. The normalized spacial score (nSPS) is 12.7. The smallest absolute Gasteiger partial charge is 0.376 e. The maximum atomic E-state index is 13.3. The molecule has 2 aromatic carbocycles. The SMILES string of the molecule is O=S(=O)(Oc1ccc2c(F)c(F)ccc2c1)C(F)(F)F. The lowest BCUT2D eigenvalue weighted by atomic mass is 10.1. The van der Waals surface area contributed by atoms with Gasteiger partial charge in [-0.2, -0.15) is 21.6 Å². The van der Waals surface area contributed by atoms with E-state index in [4.69, 9.17) is 0 Å². The Kier molecular flexibility index (Phi) is 3.32. The fraction of sp³-hybridized carbons (Fsp3) is 0.0909. The van der Waals surface area contributed by atoms with Crippen LogP contribution in [0.3, 0.4) is 0 Å². The summed E-state index contributed by atoms with van der Waals surface area (Å²) in [6.07, 6.45) is 0. The van der Waals surface area contributed by atoms with E-state index in [9.17, 15) is 30.4 Å². The van der Waals surface area contributed by atoms with Crippen LogP contribution in [0.1, 0.15) is 0 Å². The predicted molar refractivity (Wildman–Crippen MR) is 59.5 cm³/mol. The highest BCUT2D eigenvalue weighted by atomic mass is 32.2. The van der Waals surface area contributed by atoms with Gasteiger partial charge >= 0.3 is 15.6 Å². The quantitative estimate of drug-likeness (QED) is 0.485. The second kappa shape index (κ2) is 4.58. The zero-order valence-corrected chi connectivity index (χ0v) is 10.2. The van der Waals surface area contributed by atoms with Crippen LogP contribution in [0.2, 0.25) is 0 Å². The van der Waals surface area contributed by atoms with Crippen molar-refractivity contribution in [2.45, 2.75) is 5.51 Å². The molecule has 0 spiro atoms. The molecule has 2 aromatic rings. The molecule has 0 aliphatic rings. The van der Waals surface area contributed by atoms with Crippen molar-refractivity contribution in [3.8, 4) is 5.75 Å². The fourth-order valence-electron chi connectivity index (χ4n) is 1.47. The van der Waals surface area contributed by atoms with Crippen LogP contribution in [0, 0.1) is 11.6 Å². The van der Waals surface area contributed by atoms with Gasteiger partial charge in [0.1, 0.15) is 5.75 Å². The average molecular weight is 312 g/mol. The van der Waals surface area contributed by atoms with E-state index < -0.39 is 33.0 Å². The lowest BCUT2D eigenvalue weighted by Gasteiger charge is -2.10. The minimum absolute atomic E-state index is 0.00113. The maximum absolute atomic E-state index is 13.3. The predicted octanol–water partition coefficient (Wildman–Crippen LogP) is 3.35. The molecular formula is C11H5F5O3S. The van der Waals surface area contributed by atoms with E-state index in [1.165, 1.54) is 0 Å². The van der Waals surface area contributed by atoms with Gasteiger partial charge in [-0.15, -0.1) is 0 Å². The van der Waals surface area contributed by atoms with Gasteiger partial charge < -0.3 is 4.18 Å². The molecule has 2 rings (SSSR count). The number of benzene rings is 2. The summed E-state index contributed by atoms with van der Waals surface area (Å²) in [6, 6.07) is 4.44. The summed E-state index contributed by atoms with van der Waals surface area (Å²) >= 11 is 0. The van der Waals surface area contributed by atoms with Gasteiger partial charge in [-0.1, -0.05) is 6.07 Å². The Labute approximate surface area is 109 Å². The van der Waals surface area contributed by atoms with Crippen molar-refractivity contribution in [2.24, 2.45) is 0 Å². The molecule has 20 heavy (non-hydrogen) atoms. The molecular weight excluding hydrogens is 307 g/mol. The maximum Gasteiger partial charge on any atom is 0.534 e. The van der Waals surface area contributed by atoms with Gasteiger partial charge in [-0.3, -0.25) is 0 Å². The minimum Gasteiger partial charge on any atom is -0.376 e. The standard InChI is InChI=1S/C11H5F5O3S/c12-9-4-1-6-5-7(2-3-8(6)10(9)13)19-20(17,18)11(14,15)16/h1-5H. The monoisotopic (exact) mass is 312 g/mol. The van der Waals surface area contributed by atoms with Crippen molar-refractivity contribution >= 4 is 20.9 Å². The van der Waals surface area contributed by atoms with Gasteiger partial charge in [0.15, 0.2) is 11.6 Å². The lowest BCUT2D eigenvalue weighted by molar-refractivity contribution is -0.0500. The molecule has 0 N–H and O–H groups in total. The molecule has 3 nitrogen and oxygen atoms in total. The van der Waals surface area contributed by atoms with E-state index in [2.05, 4.69) is 4.18 Å². The van der Waals surface area contributed by atoms with Crippen molar-refractivity contribution in [2.75, 3.05) is 0 Å². The van der Waals surface area contributed by atoms with Crippen LogP contribution in [0.4, 0.5) is 22.0 Å². The van der Waals surface area contributed by atoms with Gasteiger partial charge in [0.2, 0.25) is 0 Å². The number of hydrogen-bond acceptors (Lipinski definition) is 3. The first-order valence-corrected chi connectivity index (χ1v) is 6.41. The van der Waals surface area contributed by atoms with E-state index in [0.29, 0.717) is 0 Å². The van der Waals surface area contributed by atoms with E-state index in [1.54, 1.807) is 0 Å². The zero-order valence-electron chi connectivity index (χ0n) is 9.41. The van der Waals surface area contributed by atoms with E-state index in [0.717, 1.165) is 30.3 Å². The van der Waals surface area contributed by atoms with Crippen LogP contribution < -0.4 is 4.18 Å². The molecule has 0 fully saturated rings. The molecule has 0 atom stereocenters. The second-order valence-electron chi connectivity index (χ2n) is 3.73. The van der Waals surface area contributed by atoms with Crippen LogP contribution in [0.25, 0.3) is 10.8 Å². The first kappa shape index (κ1) is 14.5. The average Bonchev–Trinajstić information content (AvgIpc) is 2.32. The molecule has 0 unspecified atom stereocenters. The van der Waals surface area contributed by atoms with Crippen molar-refractivity contribution in [1.29, 1.82) is 0 Å². The number of alkyl halides is 3. The van der Waals surface area contributed by atoms with Gasteiger partial charge in [-0.05, 0) is 29.7 Å². The van der Waals surface area contributed by atoms with Gasteiger partial charge in [0, 0.05) is 5.39 Å². The molecule has 0 radical (unpaired) electrons. The Morgan fingerprint density at radius 1 is 1.00 bits per heavy atom. The first-order valence-electron chi connectivity index (χ1n) is 5.00. The Morgan fingerprint density at radius 3 is 2.25 bits per heavy atom. The van der Waals surface area contributed by atoms with Crippen molar-refractivity contribution in [3.05, 3.63) is 42.0 Å². The van der Waals surface area contributed by atoms with Crippen LogP contribution in [0.5, 0.6) is 5.75 Å². The third-order valence-electron chi connectivity index (χ3n) is 2.37. The van der Waals surface area contributed by atoms with Gasteiger partial charge in [0.05, 0.1) is 0 Å². The second-order valence-corrected chi connectivity index (χ2v) is 5.27. The number of fused-ring (bicyclic) bond motifs is 1. The summed E-state index contributed by atoms with van der Waals surface area (Å²) in [5.41, 5.74) is -5.57. The molecule has 0 saturated carbocycles. The molecule has 0 saturated heterocycles. The summed E-state index contributed by atoms with van der Waals surface area (Å²) in [5.74, 6) is -2.97. The van der Waals surface area contributed by atoms with Crippen LogP contribution in [-0.2, 0) is 10.1 Å². The highest BCUT2D eigenvalue weighted by molar-refractivity contribution is 7.88. The number of hydrogen-bond donors (Lipinski definition) is 0. The van der Waals surface area contributed by atoms with Gasteiger partial charge in [-0.25, -0.2) is 8.78 Å².